The number of nitrogens with one attached hydrogen (secondary N) is 1. The molecule has 1 aromatic rings. The highest BCUT2D eigenvalue weighted by Crippen LogP contribution is 2.33. The number of benzene rings is 1. The van der Waals surface area contributed by atoms with Gasteiger partial charge in [-0.15, -0.1) is 0 Å². The molecule has 3 nitrogen and oxygen atoms in total. The molecule has 7 heteroatoms. The fourth-order valence-electron chi connectivity index (χ4n) is 1.58. The van der Waals surface area contributed by atoms with Crippen molar-refractivity contribution in [3.05, 3.63) is 28.8 Å². The fraction of sp³-hybridized carbons (Fsp3) is 0.462. The second-order valence-electron chi connectivity index (χ2n) is 4.43. The lowest BCUT2D eigenvalue weighted by molar-refractivity contribution is -0.137. The molecule has 0 spiro atoms. The van der Waals surface area contributed by atoms with Crippen LogP contribution < -0.4 is 11.1 Å². The Kier molecular flexibility index (Phi) is 5.83. The lowest BCUT2D eigenvalue weighted by Crippen LogP contribution is -2.35. The summed E-state index contributed by atoms with van der Waals surface area (Å²) in [5, 5.41) is 2.37. The van der Waals surface area contributed by atoms with Gasteiger partial charge in [0.15, 0.2) is 0 Å². The molecule has 112 valence electrons. The van der Waals surface area contributed by atoms with Crippen LogP contribution in [0.25, 0.3) is 0 Å². The van der Waals surface area contributed by atoms with Crippen molar-refractivity contribution in [2.45, 2.75) is 38.4 Å². The number of carbonyl (C=O) groups excluding carboxylic acids is 1. The van der Waals surface area contributed by atoms with Gasteiger partial charge in [-0.05, 0) is 24.6 Å². The van der Waals surface area contributed by atoms with Crippen LogP contribution in [0.4, 0.5) is 18.9 Å². The zero-order valence-electron chi connectivity index (χ0n) is 10.9. The summed E-state index contributed by atoms with van der Waals surface area (Å²) in [6.07, 6.45) is -2.37. The van der Waals surface area contributed by atoms with E-state index in [9.17, 15) is 18.0 Å². The Labute approximate surface area is 120 Å². The second kappa shape index (κ2) is 6.95. The average molecular weight is 309 g/mol. The molecule has 0 bridgehead atoms. The van der Waals surface area contributed by atoms with Crippen molar-refractivity contribution in [2.24, 2.45) is 5.73 Å². The van der Waals surface area contributed by atoms with Crippen LogP contribution in [0.2, 0.25) is 5.02 Å². The summed E-state index contributed by atoms with van der Waals surface area (Å²) >= 11 is 5.78. The first-order valence-corrected chi connectivity index (χ1v) is 6.56. The number of unbranched alkanes of at least 4 members (excludes halogenated alkanes) is 1. The van der Waals surface area contributed by atoms with E-state index in [1.807, 2.05) is 6.92 Å². The SMILES string of the molecule is CCCCC(N)C(=O)Nc1cc(C(F)(F)F)ccc1Cl. The summed E-state index contributed by atoms with van der Waals surface area (Å²) in [4.78, 5) is 11.8. The molecule has 0 saturated heterocycles. The molecule has 1 rings (SSSR count). The quantitative estimate of drug-likeness (QED) is 0.869. The fourth-order valence-corrected chi connectivity index (χ4v) is 1.74. The van der Waals surface area contributed by atoms with Gasteiger partial charge in [0.05, 0.1) is 22.3 Å². The van der Waals surface area contributed by atoms with Gasteiger partial charge in [-0.25, -0.2) is 0 Å². The van der Waals surface area contributed by atoms with Gasteiger partial charge >= 0.3 is 6.18 Å². The molecule has 1 aromatic carbocycles. The van der Waals surface area contributed by atoms with Gasteiger partial charge in [-0.3, -0.25) is 4.79 Å². The van der Waals surface area contributed by atoms with Crippen molar-refractivity contribution in [3.63, 3.8) is 0 Å². The number of halogens is 4. The van der Waals surface area contributed by atoms with Crippen LogP contribution in [-0.2, 0) is 11.0 Å². The van der Waals surface area contributed by atoms with E-state index in [1.54, 1.807) is 0 Å². The zero-order chi connectivity index (χ0) is 15.3. The van der Waals surface area contributed by atoms with Crippen molar-refractivity contribution in [2.75, 3.05) is 5.32 Å². The summed E-state index contributed by atoms with van der Waals surface area (Å²) in [6.45, 7) is 1.95. The van der Waals surface area contributed by atoms with Crippen molar-refractivity contribution >= 4 is 23.2 Å². The van der Waals surface area contributed by atoms with E-state index in [-0.39, 0.29) is 10.7 Å². The monoisotopic (exact) mass is 308 g/mol. The van der Waals surface area contributed by atoms with Gasteiger partial charge in [-0.1, -0.05) is 31.4 Å². The van der Waals surface area contributed by atoms with Gasteiger partial charge in [0.2, 0.25) is 5.91 Å². The third-order valence-corrected chi connectivity index (χ3v) is 3.09. The smallest absolute Gasteiger partial charge is 0.323 e. The predicted molar refractivity (Wildman–Crippen MR) is 72.6 cm³/mol. The predicted octanol–water partition coefficient (Wildman–Crippen LogP) is 3.81. The molecule has 0 heterocycles. The standard InChI is InChI=1S/C13H16ClF3N2O/c1-2-3-4-10(18)12(20)19-11-7-8(13(15,16)17)5-6-9(11)14/h5-7,10H,2-4,18H2,1H3,(H,19,20). The maximum absolute atomic E-state index is 12.6. The van der Waals surface area contributed by atoms with E-state index < -0.39 is 23.7 Å². The second-order valence-corrected chi connectivity index (χ2v) is 4.84. The summed E-state index contributed by atoms with van der Waals surface area (Å²) in [5.74, 6) is -0.542. The minimum atomic E-state index is -4.49. The van der Waals surface area contributed by atoms with E-state index in [4.69, 9.17) is 17.3 Å². The zero-order valence-corrected chi connectivity index (χ0v) is 11.7. The van der Waals surface area contributed by atoms with E-state index in [2.05, 4.69) is 5.32 Å². The maximum atomic E-state index is 12.6. The molecule has 0 aliphatic carbocycles. The number of hydrogen-bond donors (Lipinski definition) is 2. The van der Waals surface area contributed by atoms with Crippen molar-refractivity contribution in [1.29, 1.82) is 0 Å². The Morgan fingerprint density at radius 1 is 1.45 bits per heavy atom. The number of anilines is 1. The Bertz CT molecular complexity index is 477. The lowest BCUT2D eigenvalue weighted by Gasteiger charge is -2.14. The number of amides is 1. The summed E-state index contributed by atoms with van der Waals surface area (Å²) < 4.78 is 37.7. The molecule has 0 fully saturated rings. The minimum absolute atomic E-state index is 0.0361. The van der Waals surface area contributed by atoms with Gasteiger partial charge in [-0.2, -0.15) is 13.2 Å². The van der Waals surface area contributed by atoms with Crippen LogP contribution in [0.5, 0.6) is 0 Å². The van der Waals surface area contributed by atoms with Crippen molar-refractivity contribution in [1.82, 2.24) is 0 Å². The highest BCUT2D eigenvalue weighted by atomic mass is 35.5. The lowest BCUT2D eigenvalue weighted by atomic mass is 10.1. The highest BCUT2D eigenvalue weighted by Gasteiger charge is 2.31. The first kappa shape index (κ1) is 16.8. The third-order valence-electron chi connectivity index (χ3n) is 2.76. The Morgan fingerprint density at radius 3 is 2.65 bits per heavy atom. The van der Waals surface area contributed by atoms with Crippen molar-refractivity contribution in [3.8, 4) is 0 Å². The topological polar surface area (TPSA) is 55.1 Å². The molecule has 20 heavy (non-hydrogen) atoms. The van der Waals surface area contributed by atoms with E-state index in [0.29, 0.717) is 6.42 Å². The number of rotatable bonds is 5. The Hall–Kier alpha value is -1.27. The van der Waals surface area contributed by atoms with Crippen molar-refractivity contribution < 1.29 is 18.0 Å². The summed E-state index contributed by atoms with van der Waals surface area (Å²) in [6, 6.07) is 1.99. The summed E-state index contributed by atoms with van der Waals surface area (Å²) in [5.41, 5.74) is 4.69. The van der Waals surface area contributed by atoms with Crippen LogP contribution in [0.3, 0.4) is 0 Å². The number of hydrogen-bond acceptors (Lipinski definition) is 2. The Morgan fingerprint density at radius 2 is 2.10 bits per heavy atom. The molecule has 1 atom stereocenters. The first-order valence-electron chi connectivity index (χ1n) is 6.19. The van der Waals surface area contributed by atoms with Gasteiger partial charge < -0.3 is 11.1 Å². The molecule has 1 amide bonds. The van der Waals surface area contributed by atoms with Crippen LogP contribution in [-0.4, -0.2) is 11.9 Å². The van der Waals surface area contributed by atoms with Gasteiger partial charge in [0.1, 0.15) is 0 Å². The molecule has 0 aliphatic heterocycles. The number of alkyl halides is 3. The maximum Gasteiger partial charge on any atom is 0.416 e. The average Bonchev–Trinajstić information content (AvgIpc) is 2.37. The molecule has 0 saturated carbocycles. The molecular formula is C13H16ClF3N2O. The molecular weight excluding hydrogens is 293 g/mol. The first-order chi connectivity index (χ1) is 9.25. The largest absolute Gasteiger partial charge is 0.416 e. The van der Waals surface area contributed by atoms with Crippen LogP contribution in [0.15, 0.2) is 18.2 Å². The molecule has 0 radical (unpaired) electrons. The highest BCUT2D eigenvalue weighted by molar-refractivity contribution is 6.33. The summed E-state index contributed by atoms with van der Waals surface area (Å²) in [7, 11) is 0. The van der Waals surface area contributed by atoms with E-state index in [1.165, 1.54) is 0 Å². The number of nitrogens with two attached hydrogens (primary N) is 1. The van der Waals surface area contributed by atoms with Crippen LogP contribution in [0.1, 0.15) is 31.7 Å². The van der Waals surface area contributed by atoms with E-state index in [0.717, 1.165) is 31.0 Å². The van der Waals surface area contributed by atoms with Gasteiger partial charge in [0, 0.05) is 0 Å². The van der Waals surface area contributed by atoms with Gasteiger partial charge in [0.25, 0.3) is 0 Å². The minimum Gasteiger partial charge on any atom is -0.323 e. The molecule has 0 aromatic heterocycles. The van der Waals surface area contributed by atoms with Crippen LogP contribution >= 0.6 is 11.6 Å². The molecule has 1 unspecified atom stereocenters. The van der Waals surface area contributed by atoms with Crippen LogP contribution in [0, 0.1) is 0 Å². The molecule has 3 N–H and O–H groups in total. The third kappa shape index (κ3) is 4.68. The number of carbonyl (C=O) groups is 1. The normalized spacial score (nSPS) is 13.1. The Balaban J connectivity index is 2.84. The molecule has 0 aliphatic rings. The van der Waals surface area contributed by atoms with E-state index >= 15 is 0 Å².